The van der Waals surface area contributed by atoms with Gasteiger partial charge in [-0.2, -0.15) is 0 Å². The second kappa shape index (κ2) is 10.6. The molecule has 2 heterocycles. The fourth-order valence-electron chi connectivity index (χ4n) is 4.64. The van der Waals surface area contributed by atoms with Crippen molar-refractivity contribution in [1.29, 1.82) is 0 Å². The molecule has 2 aliphatic heterocycles. The van der Waals surface area contributed by atoms with Gasteiger partial charge in [-0.15, -0.1) is 5.12 Å². The van der Waals surface area contributed by atoms with Crippen LogP contribution in [0, 0.1) is 0 Å². The van der Waals surface area contributed by atoms with Crippen molar-refractivity contribution >= 4 is 23.2 Å². The normalized spacial score (nSPS) is 18.4. The molecule has 0 saturated heterocycles. The molecule has 180 valence electrons. The highest BCUT2D eigenvalue weighted by Crippen LogP contribution is 2.40. The van der Waals surface area contributed by atoms with Crippen LogP contribution in [0.5, 0.6) is 5.75 Å². The molecule has 0 spiro atoms. The summed E-state index contributed by atoms with van der Waals surface area (Å²) in [5.41, 5.74) is 11.3. The third kappa shape index (κ3) is 4.88. The van der Waals surface area contributed by atoms with Crippen LogP contribution in [0.15, 0.2) is 59.4 Å². The molecule has 0 amide bonds. The van der Waals surface area contributed by atoms with E-state index < -0.39 is 0 Å². The van der Waals surface area contributed by atoms with Gasteiger partial charge in [-0.3, -0.25) is 10.0 Å². The van der Waals surface area contributed by atoms with Crippen LogP contribution in [0.3, 0.4) is 0 Å². The maximum atomic E-state index is 9.09. The first-order chi connectivity index (χ1) is 16.5. The molecule has 0 fully saturated rings. The van der Waals surface area contributed by atoms with E-state index in [0.29, 0.717) is 0 Å². The van der Waals surface area contributed by atoms with E-state index in [2.05, 4.69) is 62.4 Å². The van der Waals surface area contributed by atoms with Crippen molar-refractivity contribution < 1.29 is 9.84 Å². The second-order valence-electron chi connectivity index (χ2n) is 8.40. The second-order valence-corrected chi connectivity index (χ2v) is 8.40. The average molecular weight is 463 g/mol. The molecule has 0 saturated carbocycles. The van der Waals surface area contributed by atoms with Crippen molar-refractivity contribution in [1.82, 2.24) is 20.9 Å². The van der Waals surface area contributed by atoms with Gasteiger partial charge in [0, 0.05) is 63.0 Å². The fraction of sp³-hybridized carbons (Fsp3) is 0.346. The quantitative estimate of drug-likeness (QED) is 0.448. The van der Waals surface area contributed by atoms with Gasteiger partial charge in [0.15, 0.2) is 0 Å². The van der Waals surface area contributed by atoms with Gasteiger partial charge in [0.2, 0.25) is 0 Å². The number of hydrogen-bond acceptors (Lipinski definition) is 8. The van der Waals surface area contributed by atoms with Gasteiger partial charge in [-0.25, -0.2) is 0 Å². The Kier molecular flexibility index (Phi) is 7.40. The largest absolute Gasteiger partial charge is 0.491 e. The Morgan fingerprint density at radius 3 is 2.91 bits per heavy atom. The first-order valence-corrected chi connectivity index (χ1v) is 11.6. The number of fused-ring (bicyclic) bond motifs is 3. The zero-order chi connectivity index (χ0) is 24.1. The standard InChI is InChI=1S/C26H34N6O2/c1-18-26-23-9-8-19(20(16-27-2)17-28-3)14-24(23)25(10-11-32(26)31(4)30-18)29-21-6-5-7-22(15-21)34-13-12-33/h5-9,14-17,25,27,29-30,33H,10-13H2,1-4H3/b20-16+,28-17?. The van der Waals surface area contributed by atoms with E-state index in [-0.39, 0.29) is 19.3 Å². The minimum atomic E-state index is -0.00812. The number of allylic oxidation sites excluding steroid dienone is 2. The monoisotopic (exact) mass is 462 g/mol. The van der Waals surface area contributed by atoms with Gasteiger partial charge in [0.05, 0.1) is 24.0 Å². The predicted octanol–water partition coefficient (Wildman–Crippen LogP) is 3.23. The van der Waals surface area contributed by atoms with Crippen molar-refractivity contribution in [2.24, 2.45) is 4.99 Å². The van der Waals surface area contributed by atoms with Crippen molar-refractivity contribution in [3.05, 3.63) is 71.1 Å². The highest BCUT2D eigenvalue weighted by Gasteiger charge is 2.33. The molecule has 8 heteroatoms. The van der Waals surface area contributed by atoms with Gasteiger partial charge in [-0.1, -0.05) is 18.2 Å². The summed E-state index contributed by atoms with van der Waals surface area (Å²) in [6.07, 6.45) is 4.76. The summed E-state index contributed by atoms with van der Waals surface area (Å²) >= 11 is 0. The van der Waals surface area contributed by atoms with E-state index in [9.17, 15) is 0 Å². The number of aliphatic hydroxyl groups excluding tert-OH is 1. The third-order valence-electron chi connectivity index (χ3n) is 6.05. The molecule has 1 unspecified atom stereocenters. The maximum absolute atomic E-state index is 9.09. The summed E-state index contributed by atoms with van der Waals surface area (Å²) < 4.78 is 5.62. The first kappa shape index (κ1) is 23.7. The number of aliphatic imine (C=N–C) groups is 1. The number of nitrogens with one attached hydrogen (secondary N) is 3. The highest BCUT2D eigenvalue weighted by molar-refractivity contribution is 6.09. The molecule has 2 aliphatic rings. The van der Waals surface area contributed by atoms with Crippen LogP contribution in [0.2, 0.25) is 0 Å². The summed E-state index contributed by atoms with van der Waals surface area (Å²) in [5, 5.41) is 20.3. The smallest absolute Gasteiger partial charge is 0.121 e. The zero-order valence-electron chi connectivity index (χ0n) is 20.3. The number of anilines is 1. The van der Waals surface area contributed by atoms with Crippen LogP contribution in [0.25, 0.3) is 11.3 Å². The number of ether oxygens (including phenoxy) is 1. The van der Waals surface area contributed by atoms with E-state index in [0.717, 1.165) is 41.2 Å². The molecule has 4 N–H and O–H groups in total. The Hall–Kier alpha value is -3.49. The number of aliphatic hydroxyl groups is 1. The Balaban J connectivity index is 1.77. The van der Waals surface area contributed by atoms with E-state index in [1.165, 1.54) is 16.8 Å². The molecule has 8 nitrogen and oxygen atoms in total. The van der Waals surface area contributed by atoms with Crippen LogP contribution < -0.4 is 20.8 Å². The molecule has 0 radical (unpaired) electrons. The summed E-state index contributed by atoms with van der Waals surface area (Å²) in [6.45, 7) is 3.26. The lowest BCUT2D eigenvalue weighted by atomic mass is 9.92. The molecule has 34 heavy (non-hydrogen) atoms. The fourth-order valence-corrected chi connectivity index (χ4v) is 4.64. The van der Waals surface area contributed by atoms with E-state index >= 15 is 0 Å². The van der Waals surface area contributed by atoms with E-state index in [1.807, 2.05) is 44.7 Å². The number of rotatable bonds is 8. The van der Waals surface area contributed by atoms with Crippen molar-refractivity contribution in [3.63, 3.8) is 0 Å². The van der Waals surface area contributed by atoms with Gasteiger partial charge in [0.25, 0.3) is 0 Å². The summed E-state index contributed by atoms with van der Waals surface area (Å²) in [4.78, 5) is 4.24. The number of hydrazine groups is 2. The lowest BCUT2D eigenvalue weighted by molar-refractivity contribution is 0.0446. The van der Waals surface area contributed by atoms with E-state index in [4.69, 9.17) is 9.84 Å². The molecule has 2 aromatic rings. The molecular weight excluding hydrogens is 428 g/mol. The van der Waals surface area contributed by atoms with E-state index in [1.54, 1.807) is 7.05 Å². The Labute approximate surface area is 201 Å². The predicted molar refractivity (Wildman–Crippen MR) is 138 cm³/mol. The molecule has 4 rings (SSSR count). The highest BCUT2D eigenvalue weighted by atomic mass is 16.5. The van der Waals surface area contributed by atoms with Gasteiger partial charge in [0.1, 0.15) is 12.4 Å². The van der Waals surface area contributed by atoms with Crippen molar-refractivity contribution in [3.8, 4) is 5.75 Å². The van der Waals surface area contributed by atoms with Crippen LogP contribution in [0.1, 0.15) is 36.1 Å². The summed E-state index contributed by atoms with van der Waals surface area (Å²) in [7, 11) is 5.73. The van der Waals surface area contributed by atoms with Crippen molar-refractivity contribution in [2.45, 2.75) is 19.4 Å². The van der Waals surface area contributed by atoms with Crippen LogP contribution in [0.4, 0.5) is 5.69 Å². The topological polar surface area (TPSA) is 84.4 Å². The molecule has 2 aromatic carbocycles. The Bertz CT molecular complexity index is 1110. The number of hydrogen-bond donors (Lipinski definition) is 4. The average Bonchev–Trinajstić information content (AvgIpc) is 3.02. The third-order valence-corrected chi connectivity index (χ3v) is 6.05. The molecular formula is C26H34N6O2. The van der Waals surface area contributed by atoms with Crippen LogP contribution in [-0.2, 0) is 0 Å². The molecule has 0 aliphatic carbocycles. The van der Waals surface area contributed by atoms with Crippen LogP contribution in [-0.4, -0.2) is 62.3 Å². The summed E-state index contributed by atoms with van der Waals surface area (Å²) in [6, 6.07) is 14.6. The first-order valence-electron chi connectivity index (χ1n) is 11.6. The molecule has 0 bridgehead atoms. The Morgan fingerprint density at radius 2 is 2.15 bits per heavy atom. The number of nitrogens with zero attached hydrogens (tertiary/aromatic N) is 3. The molecule has 1 atom stereocenters. The maximum Gasteiger partial charge on any atom is 0.121 e. The summed E-state index contributed by atoms with van der Waals surface area (Å²) in [5.74, 6) is 0.739. The van der Waals surface area contributed by atoms with Crippen LogP contribution >= 0.6 is 0 Å². The SMILES string of the molecule is CN=C/C(=C\NC)c1ccc2c(c1)C(Nc1cccc(OCCO)c1)CCN1C2=C(C)NN1C. The minimum absolute atomic E-state index is 0.00812. The van der Waals surface area contributed by atoms with Gasteiger partial charge in [-0.05, 0) is 42.7 Å². The number of benzene rings is 2. The lowest BCUT2D eigenvalue weighted by Crippen LogP contribution is -2.40. The zero-order valence-corrected chi connectivity index (χ0v) is 20.3. The molecule has 0 aromatic heterocycles. The van der Waals surface area contributed by atoms with Gasteiger partial charge >= 0.3 is 0 Å². The Morgan fingerprint density at radius 1 is 1.29 bits per heavy atom. The minimum Gasteiger partial charge on any atom is -0.491 e. The lowest BCUT2D eigenvalue weighted by Gasteiger charge is -2.27. The van der Waals surface area contributed by atoms with Gasteiger partial charge < -0.3 is 25.9 Å². The van der Waals surface area contributed by atoms with Crippen molar-refractivity contribution in [2.75, 3.05) is 46.2 Å².